The van der Waals surface area contributed by atoms with Gasteiger partial charge in [0.2, 0.25) is 9.23 Å². The van der Waals surface area contributed by atoms with Crippen molar-refractivity contribution in [2.75, 3.05) is 0 Å². The third kappa shape index (κ3) is 6.88. The molecule has 0 aliphatic carbocycles. The van der Waals surface area contributed by atoms with Crippen LogP contribution in [0.4, 0.5) is 0 Å². The Morgan fingerprint density at radius 1 is 1.31 bits per heavy atom. The van der Waals surface area contributed by atoms with Crippen LogP contribution in [-0.2, 0) is 18.3 Å². The molecule has 0 amide bonds. The molecule has 0 aliphatic heterocycles. The molecule has 4 nitrogen and oxygen atoms in total. The fraction of sp³-hybridized carbons (Fsp3) is 0.167. The van der Waals surface area contributed by atoms with E-state index in [9.17, 15) is 8.42 Å². The number of nitrogens with zero attached hydrogens (tertiary/aromatic N) is 1. The van der Waals surface area contributed by atoms with Crippen molar-refractivity contribution >= 4 is 61.9 Å². The molecule has 0 N–H and O–H groups in total. The Hall–Kier alpha value is 0.410. The Morgan fingerprint density at radius 3 is 2.06 bits per heavy atom. The lowest BCUT2D eigenvalue weighted by molar-refractivity contribution is 0.608. The van der Waals surface area contributed by atoms with E-state index in [2.05, 4.69) is 26.3 Å². The minimum Gasteiger partial charge on any atom is -0.240 e. The topological polar surface area (TPSA) is 64.1 Å². The molecule has 0 bridgehead atoms. The second kappa shape index (κ2) is 6.98. The first kappa shape index (κ1) is 16.4. The Morgan fingerprint density at radius 2 is 1.75 bits per heavy atom. The van der Waals surface area contributed by atoms with Crippen LogP contribution in [0, 0.1) is 6.92 Å². The predicted octanol–water partition coefficient (Wildman–Crippen LogP) is 3.01. The van der Waals surface area contributed by atoms with Gasteiger partial charge in [0.05, 0.1) is 5.69 Å². The maximum atomic E-state index is 10.8. The number of hydrogen-bond donors (Lipinski definition) is 0. The molecule has 1 aromatic rings. The molecular weight excluding hydrogens is 340 g/mol. The molecule has 1 heterocycles. The summed E-state index contributed by atoms with van der Waals surface area (Å²) in [5.41, 5.74) is 0.303. The van der Waals surface area contributed by atoms with Crippen LogP contribution in [0.3, 0.4) is 0 Å². The molecule has 16 heavy (non-hydrogen) atoms. The van der Waals surface area contributed by atoms with Crippen molar-refractivity contribution in [3.05, 3.63) is 23.0 Å². The van der Waals surface area contributed by atoms with Crippen molar-refractivity contribution in [3.63, 3.8) is 0 Å². The highest BCUT2D eigenvalue weighted by Gasteiger charge is 2.13. The van der Waals surface area contributed by atoms with Gasteiger partial charge < -0.3 is 0 Å². The fourth-order valence-corrected chi connectivity index (χ4v) is 2.08. The Bertz CT molecular complexity index is 487. The molecule has 1 aromatic heterocycles. The summed E-state index contributed by atoms with van der Waals surface area (Å²) in [5, 5.41) is 0.247. The normalized spacial score (nSPS) is 10.9. The van der Waals surface area contributed by atoms with Crippen LogP contribution in [0.2, 0.25) is 5.15 Å². The van der Waals surface area contributed by atoms with Gasteiger partial charge in [0.15, 0.2) is 0 Å². The van der Waals surface area contributed by atoms with Gasteiger partial charge >= 0.3 is 0 Å². The molecule has 0 saturated carbocycles. The molecule has 0 saturated heterocycles. The Balaban J connectivity index is 0.000000487. The van der Waals surface area contributed by atoms with Crippen molar-refractivity contribution in [3.8, 4) is 0 Å². The van der Waals surface area contributed by atoms with E-state index in [0.717, 1.165) is 0 Å². The maximum absolute atomic E-state index is 10.8. The van der Waals surface area contributed by atoms with Gasteiger partial charge in [-0.1, -0.05) is 11.6 Å². The predicted molar refractivity (Wildman–Crippen MR) is 66.9 cm³/mol. The van der Waals surface area contributed by atoms with Crippen molar-refractivity contribution < 1.29 is 12.6 Å². The largest absolute Gasteiger partial charge is 0.263 e. The lowest BCUT2D eigenvalue weighted by Gasteiger charge is -1.99. The van der Waals surface area contributed by atoms with Gasteiger partial charge in [-0.05, 0) is 19.1 Å². The SMILES string of the molecule is Cc1nc(Cl)ccc1S(=O)(=O)Cl.O=S(Cl)Cl. The van der Waals surface area contributed by atoms with E-state index in [1.807, 2.05) is 0 Å². The highest BCUT2D eigenvalue weighted by molar-refractivity contribution is 8.26. The third-order valence-electron chi connectivity index (χ3n) is 1.27. The van der Waals surface area contributed by atoms with Crippen LogP contribution >= 0.6 is 43.6 Å². The molecule has 10 heteroatoms. The van der Waals surface area contributed by atoms with E-state index in [4.69, 9.17) is 26.5 Å². The summed E-state index contributed by atoms with van der Waals surface area (Å²) in [7, 11) is 8.76. The molecule has 0 aromatic carbocycles. The third-order valence-corrected chi connectivity index (χ3v) is 2.93. The van der Waals surface area contributed by atoms with Crippen LogP contribution in [0.1, 0.15) is 5.69 Å². The van der Waals surface area contributed by atoms with Crippen molar-refractivity contribution in [1.82, 2.24) is 4.98 Å². The van der Waals surface area contributed by atoms with Crippen molar-refractivity contribution in [1.29, 1.82) is 0 Å². The first-order chi connectivity index (χ1) is 7.14. The average molecular weight is 345 g/mol. The summed E-state index contributed by atoms with van der Waals surface area (Å²) in [6.07, 6.45) is 0. The summed E-state index contributed by atoms with van der Waals surface area (Å²) in [6, 6.07) is 2.71. The molecule has 0 spiro atoms. The highest BCUT2D eigenvalue weighted by Crippen LogP contribution is 2.19. The van der Waals surface area contributed by atoms with Crippen LogP contribution in [0.5, 0.6) is 0 Å². The second-order valence-corrected chi connectivity index (χ2v) is 7.79. The Labute approximate surface area is 114 Å². The number of rotatable bonds is 1. The van der Waals surface area contributed by atoms with E-state index in [1.165, 1.54) is 19.1 Å². The van der Waals surface area contributed by atoms with Gasteiger partial charge in [0, 0.05) is 32.0 Å². The van der Waals surface area contributed by atoms with Crippen LogP contribution in [0.15, 0.2) is 17.0 Å². The number of halogens is 4. The number of aromatic nitrogens is 1. The second-order valence-electron chi connectivity index (χ2n) is 2.34. The van der Waals surface area contributed by atoms with Gasteiger partial charge in [-0.15, -0.1) is 0 Å². The molecule has 92 valence electrons. The van der Waals surface area contributed by atoms with E-state index in [0.29, 0.717) is 5.69 Å². The molecule has 0 atom stereocenters. The summed E-state index contributed by atoms with van der Waals surface area (Å²) in [5.74, 6) is 0. The van der Waals surface area contributed by atoms with Crippen LogP contribution < -0.4 is 0 Å². The van der Waals surface area contributed by atoms with Gasteiger partial charge in [-0.3, -0.25) is 0 Å². The number of aryl methyl sites for hydroxylation is 1. The van der Waals surface area contributed by atoms with E-state index in [-0.39, 0.29) is 10.0 Å². The summed E-state index contributed by atoms with van der Waals surface area (Å²) >= 11 is 5.52. The minimum atomic E-state index is -3.70. The molecule has 0 fully saturated rings. The quantitative estimate of drug-likeness (QED) is 0.580. The van der Waals surface area contributed by atoms with E-state index < -0.39 is 18.3 Å². The zero-order valence-corrected chi connectivity index (χ0v) is 12.3. The summed E-state index contributed by atoms with van der Waals surface area (Å²) < 4.78 is 30.8. The van der Waals surface area contributed by atoms with Gasteiger partial charge in [-0.25, -0.2) is 17.6 Å². The Kier molecular flexibility index (Phi) is 7.16. The summed E-state index contributed by atoms with van der Waals surface area (Å²) in [4.78, 5) is 3.74. The lowest BCUT2D eigenvalue weighted by atomic mass is 10.4. The van der Waals surface area contributed by atoms with Crippen LogP contribution in [0.25, 0.3) is 0 Å². The molecule has 1 rings (SSSR count). The fourth-order valence-electron chi connectivity index (χ4n) is 0.775. The first-order valence-electron chi connectivity index (χ1n) is 3.46. The standard InChI is InChI=1S/C6H5Cl2NO2S.Cl2OS/c1-4-5(12(8,10)11)2-3-6(7)9-4;1-4(2)3/h2-3H,1H3;. The van der Waals surface area contributed by atoms with Gasteiger partial charge in [-0.2, -0.15) is 0 Å². The van der Waals surface area contributed by atoms with Gasteiger partial charge in [0.1, 0.15) is 10.0 Å². The maximum Gasteiger partial charge on any atom is 0.263 e. The molecule has 0 unspecified atom stereocenters. The van der Waals surface area contributed by atoms with Crippen LogP contribution in [-0.4, -0.2) is 17.6 Å². The van der Waals surface area contributed by atoms with E-state index >= 15 is 0 Å². The average Bonchev–Trinajstić information content (AvgIpc) is 1.99. The van der Waals surface area contributed by atoms with Crippen molar-refractivity contribution in [2.45, 2.75) is 11.8 Å². The van der Waals surface area contributed by atoms with Crippen molar-refractivity contribution in [2.24, 2.45) is 0 Å². The van der Waals surface area contributed by atoms with E-state index in [1.54, 1.807) is 0 Å². The first-order valence-corrected chi connectivity index (χ1v) is 8.95. The van der Waals surface area contributed by atoms with Gasteiger partial charge in [0.25, 0.3) is 9.05 Å². The smallest absolute Gasteiger partial charge is 0.240 e. The number of hydrogen-bond acceptors (Lipinski definition) is 4. The zero-order chi connectivity index (χ0) is 12.9. The molecule has 0 radical (unpaired) electrons. The highest BCUT2D eigenvalue weighted by atomic mass is 36.0. The molecular formula is C6H5Cl4NO3S2. The molecule has 0 aliphatic rings. The lowest BCUT2D eigenvalue weighted by Crippen LogP contribution is -1.96. The minimum absolute atomic E-state index is 0.00596. The monoisotopic (exact) mass is 343 g/mol. The number of pyridine rings is 1. The zero-order valence-electron chi connectivity index (χ0n) is 7.66. The summed E-state index contributed by atoms with van der Waals surface area (Å²) in [6.45, 7) is 1.53.